The van der Waals surface area contributed by atoms with E-state index in [1.807, 2.05) is 0 Å². The first-order chi connectivity index (χ1) is 9.72. The molecule has 20 heavy (non-hydrogen) atoms. The number of anilines is 1. The van der Waals surface area contributed by atoms with Crippen molar-refractivity contribution < 1.29 is 14.3 Å². The first-order valence-electron chi connectivity index (χ1n) is 7.18. The Kier molecular flexibility index (Phi) is 3.67. The van der Waals surface area contributed by atoms with Crippen LogP contribution in [0.4, 0.5) is 5.82 Å². The third-order valence-corrected chi connectivity index (χ3v) is 3.68. The van der Waals surface area contributed by atoms with Gasteiger partial charge in [-0.15, -0.1) is 0 Å². The molecule has 1 atom stereocenters. The van der Waals surface area contributed by atoms with Crippen LogP contribution in [0, 0.1) is 0 Å². The standard InChI is InChI=1S/C15H18N2O3/c18-12-3-1-2-4-13(12)20-15(19)10-5-8-14(16-9-10)17-11-6-7-11/h5,8-9,11,13H,1-4,6-7H2,(H,16,17)/t13-/m1/s1. The predicted molar refractivity (Wildman–Crippen MR) is 73.6 cm³/mol. The van der Waals surface area contributed by atoms with Crippen molar-refractivity contribution in [3.63, 3.8) is 0 Å². The van der Waals surface area contributed by atoms with Gasteiger partial charge in [0.05, 0.1) is 5.56 Å². The van der Waals surface area contributed by atoms with E-state index in [1.165, 1.54) is 19.0 Å². The summed E-state index contributed by atoms with van der Waals surface area (Å²) < 4.78 is 5.27. The van der Waals surface area contributed by atoms with Crippen LogP contribution in [0.5, 0.6) is 0 Å². The minimum atomic E-state index is -0.569. The Morgan fingerprint density at radius 2 is 2.10 bits per heavy atom. The molecule has 2 saturated carbocycles. The molecule has 3 rings (SSSR count). The van der Waals surface area contributed by atoms with Crippen molar-refractivity contribution >= 4 is 17.6 Å². The Balaban J connectivity index is 1.59. The number of ether oxygens (including phenoxy) is 1. The van der Waals surface area contributed by atoms with Crippen LogP contribution in [0.1, 0.15) is 48.9 Å². The first-order valence-corrected chi connectivity index (χ1v) is 7.18. The molecule has 0 aromatic carbocycles. The molecular formula is C15H18N2O3. The number of pyridine rings is 1. The molecule has 2 aliphatic carbocycles. The fourth-order valence-corrected chi connectivity index (χ4v) is 2.31. The molecule has 1 aromatic heterocycles. The number of aromatic nitrogens is 1. The first kappa shape index (κ1) is 13.1. The van der Waals surface area contributed by atoms with Crippen LogP contribution >= 0.6 is 0 Å². The van der Waals surface area contributed by atoms with Crippen LogP contribution in [-0.4, -0.2) is 28.9 Å². The van der Waals surface area contributed by atoms with Crippen LogP contribution in [0.3, 0.4) is 0 Å². The highest BCUT2D eigenvalue weighted by Crippen LogP contribution is 2.24. The average molecular weight is 274 g/mol. The molecule has 0 unspecified atom stereocenters. The number of ketones is 1. The summed E-state index contributed by atoms with van der Waals surface area (Å²) in [6, 6.07) is 3.99. The van der Waals surface area contributed by atoms with Gasteiger partial charge in [-0.2, -0.15) is 0 Å². The van der Waals surface area contributed by atoms with Crippen LogP contribution in [-0.2, 0) is 9.53 Å². The zero-order valence-electron chi connectivity index (χ0n) is 11.3. The van der Waals surface area contributed by atoms with E-state index >= 15 is 0 Å². The SMILES string of the molecule is O=C(O[C@@H]1CCCCC1=O)c1ccc(NC2CC2)nc1. The van der Waals surface area contributed by atoms with Crippen LogP contribution in [0.15, 0.2) is 18.3 Å². The zero-order chi connectivity index (χ0) is 13.9. The molecule has 1 heterocycles. The average Bonchev–Trinajstić information content (AvgIpc) is 3.26. The van der Waals surface area contributed by atoms with Gasteiger partial charge >= 0.3 is 5.97 Å². The van der Waals surface area contributed by atoms with E-state index in [-0.39, 0.29) is 5.78 Å². The summed E-state index contributed by atoms with van der Waals surface area (Å²) in [4.78, 5) is 27.8. The molecule has 0 spiro atoms. The second-order valence-electron chi connectivity index (χ2n) is 5.46. The maximum Gasteiger partial charge on any atom is 0.340 e. The fraction of sp³-hybridized carbons (Fsp3) is 0.533. The molecule has 0 radical (unpaired) electrons. The minimum absolute atomic E-state index is 0.0320. The topological polar surface area (TPSA) is 68.3 Å². The maximum atomic E-state index is 12.0. The van der Waals surface area contributed by atoms with Crippen LogP contribution < -0.4 is 5.32 Å². The van der Waals surface area contributed by atoms with Crippen molar-refractivity contribution in [2.75, 3.05) is 5.32 Å². The van der Waals surface area contributed by atoms with Crippen LogP contribution in [0.25, 0.3) is 0 Å². The zero-order valence-corrected chi connectivity index (χ0v) is 11.3. The Morgan fingerprint density at radius 3 is 2.75 bits per heavy atom. The molecule has 1 aromatic rings. The number of nitrogens with zero attached hydrogens (tertiary/aromatic N) is 1. The van der Waals surface area contributed by atoms with Crippen molar-refractivity contribution in [1.82, 2.24) is 4.98 Å². The lowest BCUT2D eigenvalue weighted by molar-refractivity contribution is -0.129. The summed E-state index contributed by atoms with van der Waals surface area (Å²) in [7, 11) is 0. The molecule has 5 heteroatoms. The van der Waals surface area contributed by atoms with E-state index in [1.54, 1.807) is 12.1 Å². The summed E-state index contributed by atoms with van der Waals surface area (Å²) in [6.45, 7) is 0. The van der Waals surface area contributed by atoms with E-state index in [9.17, 15) is 9.59 Å². The second kappa shape index (κ2) is 5.61. The van der Waals surface area contributed by atoms with Gasteiger partial charge in [-0.3, -0.25) is 4.79 Å². The lowest BCUT2D eigenvalue weighted by Gasteiger charge is -2.20. The molecule has 106 valence electrons. The predicted octanol–water partition coefficient (Wildman–Crippen LogP) is 2.32. The van der Waals surface area contributed by atoms with E-state index < -0.39 is 12.1 Å². The van der Waals surface area contributed by atoms with Gasteiger partial charge in [0, 0.05) is 18.7 Å². The summed E-state index contributed by atoms with van der Waals surface area (Å²) >= 11 is 0. The van der Waals surface area contributed by atoms with Crippen molar-refractivity contribution in [3.8, 4) is 0 Å². The summed E-state index contributed by atoms with van der Waals surface area (Å²) in [6.07, 6.45) is 6.27. The highest BCUT2D eigenvalue weighted by atomic mass is 16.5. The monoisotopic (exact) mass is 274 g/mol. The highest BCUT2D eigenvalue weighted by molar-refractivity contribution is 5.92. The number of Topliss-reactive ketones (excluding diaryl/α,β-unsaturated/α-hetero) is 1. The quantitative estimate of drug-likeness (QED) is 0.853. The second-order valence-corrected chi connectivity index (χ2v) is 5.46. The van der Waals surface area contributed by atoms with Gasteiger partial charge < -0.3 is 10.1 Å². The van der Waals surface area contributed by atoms with E-state index in [4.69, 9.17) is 4.74 Å². The van der Waals surface area contributed by atoms with E-state index in [0.29, 0.717) is 24.4 Å². The molecule has 2 fully saturated rings. The van der Waals surface area contributed by atoms with E-state index in [2.05, 4.69) is 10.3 Å². The van der Waals surface area contributed by atoms with Gasteiger partial charge in [0.2, 0.25) is 0 Å². The molecule has 0 amide bonds. The Bertz CT molecular complexity index is 508. The van der Waals surface area contributed by atoms with Gasteiger partial charge in [-0.1, -0.05) is 0 Å². The van der Waals surface area contributed by atoms with Crippen molar-refractivity contribution in [2.24, 2.45) is 0 Å². The Labute approximate surface area is 117 Å². The molecule has 2 aliphatic rings. The summed E-state index contributed by atoms with van der Waals surface area (Å²) in [5.74, 6) is 0.345. The van der Waals surface area contributed by atoms with Gasteiger partial charge in [0.1, 0.15) is 5.82 Å². The van der Waals surface area contributed by atoms with Gasteiger partial charge in [-0.05, 0) is 44.2 Å². The largest absolute Gasteiger partial charge is 0.451 e. The van der Waals surface area contributed by atoms with E-state index in [0.717, 1.165) is 18.7 Å². The number of carbonyl (C=O) groups is 2. The molecular weight excluding hydrogens is 256 g/mol. The molecule has 0 saturated heterocycles. The number of carbonyl (C=O) groups excluding carboxylic acids is 2. The van der Waals surface area contributed by atoms with Crippen molar-refractivity contribution in [3.05, 3.63) is 23.9 Å². The molecule has 5 nitrogen and oxygen atoms in total. The molecule has 0 aliphatic heterocycles. The fourth-order valence-electron chi connectivity index (χ4n) is 2.31. The maximum absolute atomic E-state index is 12.0. The Hall–Kier alpha value is -1.91. The molecule has 0 bridgehead atoms. The minimum Gasteiger partial charge on any atom is -0.451 e. The van der Waals surface area contributed by atoms with Gasteiger partial charge in [0.25, 0.3) is 0 Å². The number of esters is 1. The summed E-state index contributed by atoms with van der Waals surface area (Å²) in [5.41, 5.74) is 0.393. The van der Waals surface area contributed by atoms with Gasteiger partial charge in [-0.25, -0.2) is 9.78 Å². The number of hydrogen-bond acceptors (Lipinski definition) is 5. The molecule has 1 N–H and O–H groups in total. The normalized spacial score (nSPS) is 22.4. The lowest BCUT2D eigenvalue weighted by Crippen LogP contribution is -2.30. The number of hydrogen-bond donors (Lipinski definition) is 1. The smallest absolute Gasteiger partial charge is 0.340 e. The summed E-state index contributed by atoms with van der Waals surface area (Å²) in [5, 5.41) is 3.25. The van der Waals surface area contributed by atoms with Gasteiger partial charge in [0.15, 0.2) is 11.9 Å². The number of rotatable bonds is 4. The highest BCUT2D eigenvalue weighted by Gasteiger charge is 2.26. The third kappa shape index (κ3) is 3.15. The van der Waals surface area contributed by atoms with Crippen molar-refractivity contribution in [2.45, 2.75) is 50.7 Å². The number of nitrogens with one attached hydrogen (secondary N) is 1. The third-order valence-electron chi connectivity index (χ3n) is 3.68. The lowest BCUT2D eigenvalue weighted by atomic mass is 9.96. The van der Waals surface area contributed by atoms with Crippen LogP contribution in [0.2, 0.25) is 0 Å². The van der Waals surface area contributed by atoms with Crippen molar-refractivity contribution in [1.29, 1.82) is 0 Å². The Morgan fingerprint density at radius 1 is 1.25 bits per heavy atom.